The van der Waals surface area contributed by atoms with Gasteiger partial charge in [-0.2, -0.15) is 0 Å². The third-order valence-corrected chi connectivity index (χ3v) is 4.54. The number of pyridine rings is 1. The first kappa shape index (κ1) is 16.7. The molecule has 2 aromatic carbocycles. The fourth-order valence-corrected chi connectivity index (χ4v) is 2.98. The number of carboxylic acids is 1. The summed E-state index contributed by atoms with van der Waals surface area (Å²) in [5.74, 6) is -0.942. The van der Waals surface area contributed by atoms with E-state index in [-0.39, 0.29) is 11.0 Å². The van der Waals surface area contributed by atoms with E-state index in [2.05, 4.69) is 0 Å². The standard InChI is InChI=1S/C21H19NO3/c1-13-12-22(15(3)14(2)20(13)23)17-10-8-16(9-11-17)18-6-4-5-7-19(18)21(24)25/h4-12H,1-3H3,(H,24,25). The van der Waals surface area contributed by atoms with Crippen LogP contribution in [-0.4, -0.2) is 15.6 Å². The largest absolute Gasteiger partial charge is 0.478 e. The Bertz CT molecular complexity index is 1010. The molecule has 0 saturated carbocycles. The zero-order valence-electron chi connectivity index (χ0n) is 14.4. The van der Waals surface area contributed by atoms with Crippen molar-refractivity contribution in [3.05, 3.63) is 87.3 Å². The van der Waals surface area contributed by atoms with E-state index in [1.54, 1.807) is 18.2 Å². The van der Waals surface area contributed by atoms with Crippen LogP contribution in [0.4, 0.5) is 0 Å². The van der Waals surface area contributed by atoms with Gasteiger partial charge in [-0.3, -0.25) is 4.79 Å². The molecule has 0 fully saturated rings. The van der Waals surface area contributed by atoms with E-state index in [1.165, 1.54) is 0 Å². The Balaban J connectivity index is 2.08. The lowest BCUT2D eigenvalue weighted by atomic mass is 9.99. The molecule has 25 heavy (non-hydrogen) atoms. The van der Waals surface area contributed by atoms with Crippen LogP contribution in [0.25, 0.3) is 16.8 Å². The van der Waals surface area contributed by atoms with Gasteiger partial charge in [-0.1, -0.05) is 30.3 Å². The third-order valence-electron chi connectivity index (χ3n) is 4.54. The molecule has 0 spiro atoms. The van der Waals surface area contributed by atoms with Crippen molar-refractivity contribution in [1.82, 2.24) is 4.57 Å². The monoisotopic (exact) mass is 333 g/mol. The predicted molar refractivity (Wildman–Crippen MR) is 98.6 cm³/mol. The van der Waals surface area contributed by atoms with Gasteiger partial charge in [0.2, 0.25) is 0 Å². The molecule has 0 saturated heterocycles. The Morgan fingerprint density at radius 1 is 0.960 bits per heavy atom. The van der Waals surface area contributed by atoms with Crippen LogP contribution in [0.3, 0.4) is 0 Å². The highest BCUT2D eigenvalue weighted by atomic mass is 16.4. The normalized spacial score (nSPS) is 10.7. The summed E-state index contributed by atoms with van der Waals surface area (Å²) in [6.07, 6.45) is 1.84. The van der Waals surface area contributed by atoms with Crippen LogP contribution in [0.2, 0.25) is 0 Å². The molecule has 0 aliphatic rings. The summed E-state index contributed by atoms with van der Waals surface area (Å²) < 4.78 is 1.99. The molecule has 0 bridgehead atoms. The average Bonchev–Trinajstić information content (AvgIpc) is 2.63. The summed E-state index contributed by atoms with van der Waals surface area (Å²) in [6.45, 7) is 5.56. The van der Waals surface area contributed by atoms with Gasteiger partial charge in [-0.15, -0.1) is 0 Å². The SMILES string of the molecule is Cc1cn(-c2ccc(-c3ccccc3C(=O)O)cc2)c(C)c(C)c1=O. The minimum atomic E-state index is -0.942. The number of hydrogen-bond acceptors (Lipinski definition) is 2. The zero-order valence-corrected chi connectivity index (χ0v) is 14.4. The Morgan fingerprint density at radius 2 is 1.60 bits per heavy atom. The minimum absolute atomic E-state index is 0.0701. The maximum absolute atomic E-state index is 12.0. The number of aromatic carboxylic acids is 1. The summed E-state index contributed by atoms with van der Waals surface area (Å²) in [5, 5.41) is 9.35. The van der Waals surface area contributed by atoms with E-state index in [1.807, 2.05) is 61.9 Å². The first-order chi connectivity index (χ1) is 11.9. The lowest BCUT2D eigenvalue weighted by Crippen LogP contribution is -2.16. The van der Waals surface area contributed by atoms with Crippen LogP contribution < -0.4 is 5.43 Å². The van der Waals surface area contributed by atoms with Crippen LogP contribution in [0, 0.1) is 20.8 Å². The molecule has 0 amide bonds. The topological polar surface area (TPSA) is 59.3 Å². The van der Waals surface area contributed by atoms with Gasteiger partial charge in [0, 0.05) is 28.7 Å². The second-order valence-corrected chi connectivity index (χ2v) is 6.12. The highest BCUT2D eigenvalue weighted by Gasteiger charge is 2.12. The van der Waals surface area contributed by atoms with Gasteiger partial charge in [0.15, 0.2) is 5.43 Å². The molecule has 1 N–H and O–H groups in total. The molecule has 0 atom stereocenters. The van der Waals surface area contributed by atoms with Gasteiger partial charge in [-0.25, -0.2) is 4.79 Å². The van der Waals surface area contributed by atoms with E-state index in [4.69, 9.17) is 0 Å². The van der Waals surface area contributed by atoms with Crippen molar-refractivity contribution < 1.29 is 9.90 Å². The lowest BCUT2D eigenvalue weighted by molar-refractivity contribution is 0.0697. The number of aryl methyl sites for hydroxylation is 1. The van der Waals surface area contributed by atoms with Gasteiger partial charge in [0.25, 0.3) is 0 Å². The molecule has 1 heterocycles. The molecule has 0 aliphatic carbocycles. The number of hydrogen-bond donors (Lipinski definition) is 1. The van der Waals surface area contributed by atoms with Gasteiger partial charge in [0.1, 0.15) is 0 Å². The maximum Gasteiger partial charge on any atom is 0.336 e. The summed E-state index contributed by atoms with van der Waals surface area (Å²) in [6, 6.07) is 14.6. The molecular formula is C21H19NO3. The summed E-state index contributed by atoms with van der Waals surface area (Å²) in [4.78, 5) is 23.4. The zero-order chi connectivity index (χ0) is 18.1. The Labute approximate surface area is 146 Å². The fourth-order valence-electron chi connectivity index (χ4n) is 2.98. The van der Waals surface area contributed by atoms with Crippen LogP contribution >= 0.6 is 0 Å². The van der Waals surface area contributed by atoms with Crippen LogP contribution in [0.5, 0.6) is 0 Å². The smallest absolute Gasteiger partial charge is 0.336 e. The predicted octanol–water partition coefficient (Wildman–Crippen LogP) is 4.13. The van der Waals surface area contributed by atoms with Crippen molar-refractivity contribution >= 4 is 5.97 Å². The highest BCUT2D eigenvalue weighted by Crippen LogP contribution is 2.25. The summed E-state index contributed by atoms with van der Waals surface area (Å²) in [5.41, 5.74) is 5.14. The van der Waals surface area contributed by atoms with Crippen LogP contribution in [0.15, 0.2) is 59.5 Å². The van der Waals surface area contributed by atoms with Crippen LogP contribution in [0.1, 0.15) is 27.2 Å². The van der Waals surface area contributed by atoms with Crippen molar-refractivity contribution in [3.8, 4) is 16.8 Å². The van der Waals surface area contributed by atoms with Crippen LogP contribution in [-0.2, 0) is 0 Å². The molecule has 1 aromatic heterocycles. The summed E-state index contributed by atoms with van der Waals surface area (Å²) >= 11 is 0. The number of rotatable bonds is 3. The molecule has 3 rings (SSSR count). The van der Waals surface area contributed by atoms with E-state index < -0.39 is 5.97 Å². The quantitative estimate of drug-likeness (QED) is 0.784. The number of carboxylic acid groups (broad SMARTS) is 1. The fraction of sp³-hybridized carbons (Fsp3) is 0.143. The maximum atomic E-state index is 12.0. The molecule has 4 heteroatoms. The van der Waals surface area contributed by atoms with E-state index >= 15 is 0 Å². The second kappa shape index (κ2) is 6.40. The summed E-state index contributed by atoms with van der Waals surface area (Å²) in [7, 11) is 0. The van der Waals surface area contributed by atoms with Crippen molar-refractivity contribution in [2.75, 3.05) is 0 Å². The molecule has 126 valence electrons. The first-order valence-corrected chi connectivity index (χ1v) is 8.02. The Kier molecular flexibility index (Phi) is 4.28. The molecule has 0 aliphatic heterocycles. The van der Waals surface area contributed by atoms with Gasteiger partial charge < -0.3 is 9.67 Å². The molecule has 4 nitrogen and oxygen atoms in total. The van der Waals surface area contributed by atoms with Crippen molar-refractivity contribution in [1.29, 1.82) is 0 Å². The highest BCUT2D eigenvalue weighted by molar-refractivity contribution is 5.96. The molecule has 0 unspecified atom stereocenters. The number of aromatic nitrogens is 1. The first-order valence-electron chi connectivity index (χ1n) is 8.02. The van der Waals surface area contributed by atoms with Gasteiger partial charge in [0.05, 0.1) is 5.56 Å². The average molecular weight is 333 g/mol. The lowest BCUT2D eigenvalue weighted by Gasteiger charge is -2.15. The van der Waals surface area contributed by atoms with Crippen molar-refractivity contribution in [3.63, 3.8) is 0 Å². The van der Waals surface area contributed by atoms with E-state index in [0.717, 1.165) is 22.5 Å². The second-order valence-electron chi connectivity index (χ2n) is 6.12. The van der Waals surface area contributed by atoms with E-state index in [0.29, 0.717) is 11.1 Å². The minimum Gasteiger partial charge on any atom is -0.478 e. The molecule has 0 radical (unpaired) electrons. The number of nitrogens with zero attached hydrogens (tertiary/aromatic N) is 1. The van der Waals surface area contributed by atoms with Crippen molar-refractivity contribution in [2.45, 2.75) is 20.8 Å². The van der Waals surface area contributed by atoms with Gasteiger partial charge in [-0.05, 0) is 50.1 Å². The number of benzene rings is 2. The number of carbonyl (C=O) groups is 1. The molecular weight excluding hydrogens is 314 g/mol. The van der Waals surface area contributed by atoms with Gasteiger partial charge >= 0.3 is 5.97 Å². The Morgan fingerprint density at radius 3 is 2.24 bits per heavy atom. The van der Waals surface area contributed by atoms with Crippen molar-refractivity contribution in [2.24, 2.45) is 0 Å². The third kappa shape index (κ3) is 2.98. The Hall–Kier alpha value is -3.14. The van der Waals surface area contributed by atoms with E-state index in [9.17, 15) is 14.7 Å². The molecule has 3 aromatic rings.